The van der Waals surface area contributed by atoms with Crippen molar-refractivity contribution < 1.29 is 4.79 Å². The molecule has 20 heavy (non-hydrogen) atoms. The molecule has 2 aromatic carbocycles. The van der Waals surface area contributed by atoms with Crippen molar-refractivity contribution in [1.29, 1.82) is 0 Å². The number of rotatable bonds is 4. The van der Waals surface area contributed by atoms with E-state index in [0.717, 1.165) is 9.13 Å². The van der Waals surface area contributed by atoms with Gasteiger partial charge in [-0.15, -0.1) is 0 Å². The Morgan fingerprint density at radius 1 is 1.25 bits per heavy atom. The number of hydrogen-bond donors (Lipinski definition) is 2. The molecule has 0 saturated carbocycles. The third-order valence-electron chi connectivity index (χ3n) is 2.82. The van der Waals surface area contributed by atoms with Crippen LogP contribution in [0, 0.1) is 3.57 Å². The highest BCUT2D eigenvalue weighted by molar-refractivity contribution is 14.1. The summed E-state index contributed by atoms with van der Waals surface area (Å²) in [5.41, 5.74) is 7.54. The first-order valence-corrected chi connectivity index (χ1v) is 7.57. The van der Waals surface area contributed by atoms with E-state index >= 15 is 0 Å². The molecular weight excluding hydrogens is 387 g/mol. The van der Waals surface area contributed by atoms with Crippen molar-refractivity contribution >= 4 is 45.8 Å². The number of nitrogens with two attached hydrogens (primary N) is 1. The Labute approximate surface area is 136 Å². The molecule has 2 aromatic rings. The molecule has 0 heterocycles. The van der Waals surface area contributed by atoms with Crippen LogP contribution in [0.3, 0.4) is 0 Å². The van der Waals surface area contributed by atoms with Gasteiger partial charge in [-0.2, -0.15) is 0 Å². The number of anilines is 1. The Morgan fingerprint density at radius 2 is 1.95 bits per heavy atom. The third-order valence-corrected chi connectivity index (χ3v) is 3.81. The average Bonchev–Trinajstić information content (AvgIpc) is 2.43. The summed E-state index contributed by atoms with van der Waals surface area (Å²) < 4.78 is 1.01. The van der Waals surface area contributed by atoms with Crippen LogP contribution in [0.4, 0.5) is 5.69 Å². The summed E-state index contributed by atoms with van der Waals surface area (Å²) in [5.74, 6) is -0.239. The Balaban J connectivity index is 2.01. The number of hydrogen-bond acceptors (Lipinski definition) is 2. The molecule has 0 radical (unpaired) electrons. The number of carbonyl (C=O) groups excluding carboxylic acids is 1. The summed E-state index contributed by atoms with van der Waals surface area (Å²) in [5, 5.41) is 3.27. The van der Waals surface area contributed by atoms with Crippen LogP contribution in [-0.2, 0) is 11.2 Å². The highest BCUT2D eigenvalue weighted by atomic mass is 127. The van der Waals surface area contributed by atoms with Crippen molar-refractivity contribution in [3.63, 3.8) is 0 Å². The van der Waals surface area contributed by atoms with E-state index in [2.05, 4.69) is 27.9 Å². The van der Waals surface area contributed by atoms with E-state index in [0.29, 0.717) is 17.1 Å². The quantitative estimate of drug-likeness (QED) is 0.772. The lowest BCUT2D eigenvalue weighted by Gasteiger charge is -2.13. The lowest BCUT2D eigenvalue weighted by Crippen LogP contribution is -2.37. The lowest BCUT2D eigenvalue weighted by atomic mass is 10.1. The van der Waals surface area contributed by atoms with Gasteiger partial charge in [0.1, 0.15) is 0 Å². The first-order valence-electron chi connectivity index (χ1n) is 6.11. The SMILES string of the molecule is NC(Cc1ccccc1)C(=O)Nc1ccc(I)cc1Cl. The topological polar surface area (TPSA) is 55.1 Å². The van der Waals surface area contributed by atoms with E-state index in [1.165, 1.54) is 0 Å². The maximum atomic E-state index is 12.1. The van der Waals surface area contributed by atoms with Crippen molar-refractivity contribution in [2.45, 2.75) is 12.5 Å². The van der Waals surface area contributed by atoms with Crippen LogP contribution in [0.25, 0.3) is 0 Å². The van der Waals surface area contributed by atoms with Gasteiger partial charge in [0.2, 0.25) is 5.91 Å². The molecule has 1 atom stereocenters. The van der Waals surface area contributed by atoms with E-state index in [-0.39, 0.29) is 5.91 Å². The second-order valence-electron chi connectivity index (χ2n) is 4.41. The lowest BCUT2D eigenvalue weighted by molar-refractivity contribution is -0.117. The van der Waals surface area contributed by atoms with Crippen LogP contribution in [-0.4, -0.2) is 11.9 Å². The first kappa shape index (κ1) is 15.3. The summed E-state index contributed by atoms with van der Waals surface area (Å²) in [4.78, 5) is 12.1. The van der Waals surface area contributed by atoms with E-state index in [9.17, 15) is 4.79 Å². The van der Waals surface area contributed by atoms with Gasteiger partial charge in [-0.3, -0.25) is 4.79 Å². The molecule has 3 N–H and O–H groups in total. The second kappa shape index (κ2) is 7.06. The molecule has 104 valence electrons. The minimum absolute atomic E-state index is 0.239. The largest absolute Gasteiger partial charge is 0.323 e. The van der Waals surface area contributed by atoms with Gasteiger partial charge in [0, 0.05) is 3.57 Å². The predicted octanol–water partition coefficient (Wildman–Crippen LogP) is 3.45. The summed E-state index contributed by atoms with van der Waals surface area (Å²) in [6, 6.07) is 14.5. The standard InChI is InChI=1S/C15H14ClIN2O/c16-12-9-11(17)6-7-14(12)19-15(20)13(18)8-10-4-2-1-3-5-10/h1-7,9,13H,8,18H2,(H,19,20). The molecule has 5 heteroatoms. The van der Waals surface area contributed by atoms with Crippen molar-refractivity contribution in [2.24, 2.45) is 5.73 Å². The molecule has 0 spiro atoms. The smallest absolute Gasteiger partial charge is 0.241 e. The van der Waals surface area contributed by atoms with Gasteiger partial charge in [0.25, 0.3) is 0 Å². The van der Waals surface area contributed by atoms with Crippen molar-refractivity contribution in [3.8, 4) is 0 Å². The van der Waals surface area contributed by atoms with Crippen molar-refractivity contribution in [1.82, 2.24) is 0 Å². The van der Waals surface area contributed by atoms with Gasteiger partial charge in [-0.1, -0.05) is 41.9 Å². The van der Waals surface area contributed by atoms with Gasteiger partial charge in [0.15, 0.2) is 0 Å². The third kappa shape index (κ3) is 4.19. The molecule has 0 fully saturated rings. The fourth-order valence-electron chi connectivity index (χ4n) is 1.78. The number of carbonyl (C=O) groups is 1. The Bertz CT molecular complexity index is 604. The number of nitrogens with one attached hydrogen (secondary N) is 1. The maximum absolute atomic E-state index is 12.1. The summed E-state index contributed by atoms with van der Waals surface area (Å²) >= 11 is 8.24. The zero-order chi connectivity index (χ0) is 14.5. The molecule has 0 aliphatic carbocycles. The van der Waals surface area contributed by atoms with Gasteiger partial charge in [-0.05, 0) is 52.8 Å². The van der Waals surface area contributed by atoms with Gasteiger partial charge < -0.3 is 11.1 Å². The highest BCUT2D eigenvalue weighted by Crippen LogP contribution is 2.23. The second-order valence-corrected chi connectivity index (χ2v) is 6.06. The maximum Gasteiger partial charge on any atom is 0.241 e. The van der Waals surface area contributed by atoms with Crippen LogP contribution in [0.15, 0.2) is 48.5 Å². The molecule has 0 aliphatic heterocycles. The zero-order valence-corrected chi connectivity index (χ0v) is 13.6. The van der Waals surface area contributed by atoms with Crippen LogP contribution in [0.5, 0.6) is 0 Å². The molecule has 0 aromatic heterocycles. The predicted molar refractivity (Wildman–Crippen MR) is 90.9 cm³/mol. The molecule has 0 saturated heterocycles. The van der Waals surface area contributed by atoms with Crippen LogP contribution in [0.2, 0.25) is 5.02 Å². The van der Waals surface area contributed by atoms with E-state index in [1.807, 2.05) is 36.4 Å². The van der Waals surface area contributed by atoms with Crippen molar-refractivity contribution in [2.75, 3.05) is 5.32 Å². The minimum Gasteiger partial charge on any atom is -0.323 e. The molecule has 1 amide bonds. The van der Waals surface area contributed by atoms with E-state index < -0.39 is 6.04 Å². The normalized spacial score (nSPS) is 11.9. The molecule has 2 rings (SSSR count). The molecular formula is C15H14ClIN2O. The Kier molecular flexibility index (Phi) is 5.39. The fraction of sp³-hybridized carbons (Fsp3) is 0.133. The fourth-order valence-corrected chi connectivity index (χ4v) is 2.68. The monoisotopic (exact) mass is 400 g/mol. The summed E-state index contributed by atoms with van der Waals surface area (Å²) in [6.45, 7) is 0. The molecule has 1 unspecified atom stereocenters. The van der Waals surface area contributed by atoms with E-state index in [4.69, 9.17) is 17.3 Å². The first-order chi connectivity index (χ1) is 9.56. The average molecular weight is 401 g/mol. The van der Waals surface area contributed by atoms with Crippen LogP contribution in [0.1, 0.15) is 5.56 Å². The van der Waals surface area contributed by atoms with Gasteiger partial charge in [-0.25, -0.2) is 0 Å². The highest BCUT2D eigenvalue weighted by Gasteiger charge is 2.15. The zero-order valence-electron chi connectivity index (χ0n) is 10.6. The Hall–Kier alpha value is -1.11. The number of amides is 1. The van der Waals surface area contributed by atoms with Gasteiger partial charge in [0.05, 0.1) is 16.8 Å². The van der Waals surface area contributed by atoms with E-state index in [1.54, 1.807) is 12.1 Å². The summed E-state index contributed by atoms with van der Waals surface area (Å²) in [6.07, 6.45) is 0.495. The molecule has 0 bridgehead atoms. The summed E-state index contributed by atoms with van der Waals surface area (Å²) in [7, 11) is 0. The molecule has 0 aliphatic rings. The van der Waals surface area contributed by atoms with Gasteiger partial charge >= 0.3 is 0 Å². The van der Waals surface area contributed by atoms with Crippen molar-refractivity contribution in [3.05, 3.63) is 62.7 Å². The van der Waals surface area contributed by atoms with Crippen LogP contribution < -0.4 is 11.1 Å². The number of benzene rings is 2. The Morgan fingerprint density at radius 3 is 2.60 bits per heavy atom. The number of halogens is 2. The van der Waals surface area contributed by atoms with Crippen LogP contribution >= 0.6 is 34.2 Å². The minimum atomic E-state index is -0.604. The molecule has 3 nitrogen and oxygen atoms in total.